The first-order valence-electron chi connectivity index (χ1n) is 17.6. The largest absolute Gasteiger partial charge is 0.458 e. The number of carbonyl (C=O) groups excluding carboxylic acids is 2. The monoisotopic (exact) mass is 638 g/mol. The van der Waals surface area contributed by atoms with E-state index in [1.165, 1.54) is 32.1 Å². The average Bonchev–Trinajstić information content (AvgIpc) is 3.02. The van der Waals surface area contributed by atoms with Crippen molar-refractivity contribution in [2.24, 2.45) is 5.92 Å². The van der Waals surface area contributed by atoms with Gasteiger partial charge in [-0.2, -0.15) is 0 Å². The number of hydrogen-bond donors (Lipinski definition) is 1. The highest BCUT2D eigenvalue weighted by molar-refractivity contribution is 5.93. The van der Waals surface area contributed by atoms with Gasteiger partial charge in [-0.1, -0.05) is 101 Å². The van der Waals surface area contributed by atoms with Gasteiger partial charge in [-0.15, -0.1) is 0 Å². The molecule has 3 aromatic carbocycles. The molecule has 1 aliphatic heterocycles. The summed E-state index contributed by atoms with van der Waals surface area (Å²) in [6.07, 6.45) is 10.3. The molecule has 0 bridgehead atoms. The zero-order chi connectivity index (χ0) is 33.6. The van der Waals surface area contributed by atoms with Crippen molar-refractivity contribution >= 4 is 17.6 Å². The van der Waals surface area contributed by atoms with Crippen LogP contribution in [0.2, 0.25) is 0 Å². The fourth-order valence-electron chi connectivity index (χ4n) is 7.31. The van der Waals surface area contributed by atoms with Crippen LogP contribution in [0.1, 0.15) is 114 Å². The van der Waals surface area contributed by atoms with E-state index >= 15 is 0 Å². The SMILES string of the molecule is CN(C)CC(=O)O[C@](C)(CCc1ccc(C(C)(C)C)c(NC(=O)CC2c3ccccc3Oc3ccccc32)c1)CCC1CCCCC1. The van der Waals surface area contributed by atoms with Gasteiger partial charge in [0.25, 0.3) is 0 Å². The summed E-state index contributed by atoms with van der Waals surface area (Å²) >= 11 is 0. The molecule has 0 unspecified atom stereocenters. The van der Waals surface area contributed by atoms with Crippen LogP contribution in [0, 0.1) is 5.92 Å². The molecule has 6 nitrogen and oxygen atoms in total. The fraction of sp³-hybridized carbons (Fsp3) is 0.512. The van der Waals surface area contributed by atoms with Gasteiger partial charge in [0.2, 0.25) is 5.91 Å². The Morgan fingerprint density at radius 1 is 0.872 bits per heavy atom. The Balaban J connectivity index is 1.33. The molecule has 3 aromatic rings. The van der Waals surface area contributed by atoms with Crippen LogP contribution in [0.4, 0.5) is 5.69 Å². The third-order valence-electron chi connectivity index (χ3n) is 9.92. The second kappa shape index (κ2) is 15.1. The van der Waals surface area contributed by atoms with Crippen molar-refractivity contribution < 1.29 is 19.1 Å². The summed E-state index contributed by atoms with van der Waals surface area (Å²) in [6.45, 7) is 8.91. The topological polar surface area (TPSA) is 67.9 Å². The van der Waals surface area contributed by atoms with Gasteiger partial charge >= 0.3 is 5.97 Å². The lowest BCUT2D eigenvalue weighted by molar-refractivity contribution is -0.160. The number of fused-ring (bicyclic) bond motifs is 2. The van der Waals surface area contributed by atoms with Crippen LogP contribution < -0.4 is 10.1 Å². The van der Waals surface area contributed by atoms with Crippen molar-refractivity contribution in [2.45, 2.75) is 109 Å². The van der Waals surface area contributed by atoms with E-state index in [1.807, 2.05) is 55.4 Å². The predicted octanol–water partition coefficient (Wildman–Crippen LogP) is 9.41. The van der Waals surface area contributed by atoms with Gasteiger partial charge < -0.3 is 14.8 Å². The molecule has 0 radical (unpaired) electrons. The summed E-state index contributed by atoms with van der Waals surface area (Å²) in [4.78, 5) is 28.6. The van der Waals surface area contributed by atoms with Gasteiger partial charge in [-0.25, -0.2) is 0 Å². The number of ether oxygens (including phenoxy) is 2. The first-order chi connectivity index (χ1) is 22.4. The van der Waals surface area contributed by atoms with E-state index in [0.717, 1.165) is 71.0 Å². The Kier molecular flexibility index (Phi) is 11.1. The Bertz CT molecular complexity index is 1490. The molecule has 1 N–H and O–H groups in total. The first kappa shape index (κ1) is 34.7. The molecule has 6 heteroatoms. The Hall–Kier alpha value is -3.64. The van der Waals surface area contributed by atoms with Crippen LogP contribution >= 0.6 is 0 Å². The standard InChI is InChI=1S/C41H54N2O4/c1-40(2,3)34-21-20-30(23-25-41(4,47-39(45)28-43(5)6)24-22-29-14-8-7-9-15-29)26-35(34)42-38(44)27-33-31-16-10-12-18-36(31)46-37-19-13-11-17-32(33)37/h10-13,16-21,26,29,33H,7-9,14-15,22-25,27-28H2,1-6H3,(H,42,44)/t41-/m0/s1. The second-order valence-electron chi connectivity index (χ2n) is 15.3. The minimum absolute atomic E-state index is 0.0286. The van der Waals surface area contributed by atoms with E-state index in [1.54, 1.807) is 0 Å². The quantitative estimate of drug-likeness (QED) is 0.200. The zero-order valence-electron chi connectivity index (χ0n) is 29.4. The van der Waals surface area contributed by atoms with Gasteiger partial charge in [-0.3, -0.25) is 14.5 Å². The normalized spacial score (nSPS) is 16.5. The number of hydrogen-bond acceptors (Lipinski definition) is 5. The molecule has 1 amide bonds. The molecule has 2 aliphatic rings. The van der Waals surface area contributed by atoms with E-state index in [2.05, 4.69) is 63.3 Å². The number of anilines is 1. The van der Waals surface area contributed by atoms with Crippen LogP contribution in [0.15, 0.2) is 66.7 Å². The van der Waals surface area contributed by atoms with E-state index in [9.17, 15) is 9.59 Å². The Labute approximate surface area is 282 Å². The lowest BCUT2D eigenvalue weighted by Gasteiger charge is -2.33. The summed E-state index contributed by atoms with van der Waals surface area (Å²) in [5, 5.41) is 3.31. The molecule has 1 aliphatic carbocycles. The van der Waals surface area contributed by atoms with Crippen LogP contribution in [-0.4, -0.2) is 43.0 Å². The number of rotatable bonds is 12. The average molecular weight is 639 g/mol. The van der Waals surface area contributed by atoms with E-state index in [4.69, 9.17) is 9.47 Å². The van der Waals surface area contributed by atoms with E-state index < -0.39 is 5.60 Å². The zero-order valence-corrected chi connectivity index (χ0v) is 29.4. The molecule has 0 spiro atoms. The number of para-hydroxylation sites is 2. The number of likely N-dealkylation sites (N-methyl/N-ethyl adjacent to an activating group) is 1. The Morgan fingerprint density at radius 2 is 1.51 bits per heavy atom. The maximum absolute atomic E-state index is 13.8. The van der Waals surface area contributed by atoms with Gasteiger partial charge in [-0.05, 0) is 87.4 Å². The summed E-state index contributed by atoms with van der Waals surface area (Å²) < 4.78 is 12.4. The van der Waals surface area contributed by atoms with Crippen molar-refractivity contribution in [3.63, 3.8) is 0 Å². The number of esters is 1. The molecule has 1 atom stereocenters. The van der Waals surface area contributed by atoms with Crippen molar-refractivity contribution in [1.29, 1.82) is 0 Å². The molecule has 1 heterocycles. The minimum atomic E-state index is -0.541. The van der Waals surface area contributed by atoms with E-state index in [0.29, 0.717) is 6.42 Å². The molecule has 47 heavy (non-hydrogen) atoms. The van der Waals surface area contributed by atoms with Crippen LogP contribution in [-0.2, 0) is 26.2 Å². The third-order valence-corrected chi connectivity index (χ3v) is 9.92. The molecule has 5 rings (SSSR count). The van der Waals surface area contributed by atoms with Crippen molar-refractivity contribution in [3.8, 4) is 11.5 Å². The Morgan fingerprint density at radius 3 is 2.13 bits per heavy atom. The summed E-state index contributed by atoms with van der Waals surface area (Å²) in [5.41, 5.74) is 4.44. The summed E-state index contributed by atoms with van der Waals surface area (Å²) in [7, 11) is 3.79. The molecular formula is C41H54N2O4. The fourth-order valence-corrected chi connectivity index (χ4v) is 7.31. The highest BCUT2D eigenvalue weighted by Crippen LogP contribution is 2.45. The maximum Gasteiger partial charge on any atom is 0.320 e. The van der Waals surface area contributed by atoms with Crippen molar-refractivity contribution in [1.82, 2.24) is 4.90 Å². The predicted molar refractivity (Wildman–Crippen MR) is 190 cm³/mol. The molecule has 252 valence electrons. The van der Waals surface area contributed by atoms with Crippen LogP contribution in [0.5, 0.6) is 11.5 Å². The highest BCUT2D eigenvalue weighted by Gasteiger charge is 2.32. The molecule has 0 aromatic heterocycles. The van der Waals surface area contributed by atoms with Crippen LogP contribution in [0.3, 0.4) is 0 Å². The third kappa shape index (κ3) is 9.25. The van der Waals surface area contributed by atoms with Gasteiger partial charge in [0.15, 0.2) is 0 Å². The first-order valence-corrected chi connectivity index (χ1v) is 17.6. The molecule has 1 fully saturated rings. The number of nitrogens with one attached hydrogen (secondary N) is 1. The van der Waals surface area contributed by atoms with Crippen LogP contribution in [0.25, 0.3) is 0 Å². The molecular weight excluding hydrogens is 584 g/mol. The second-order valence-corrected chi connectivity index (χ2v) is 15.3. The highest BCUT2D eigenvalue weighted by atomic mass is 16.6. The molecule has 0 saturated heterocycles. The number of aryl methyl sites for hydroxylation is 1. The van der Waals surface area contributed by atoms with Gasteiger partial charge in [0.1, 0.15) is 17.1 Å². The number of amides is 1. The number of benzene rings is 3. The van der Waals surface area contributed by atoms with E-state index in [-0.39, 0.29) is 29.8 Å². The van der Waals surface area contributed by atoms with Crippen molar-refractivity contribution in [3.05, 3.63) is 89.0 Å². The lowest BCUT2D eigenvalue weighted by Crippen LogP contribution is -2.36. The summed E-state index contributed by atoms with van der Waals surface area (Å²) in [5.74, 6) is 2.03. The minimum Gasteiger partial charge on any atom is -0.458 e. The maximum atomic E-state index is 13.8. The van der Waals surface area contributed by atoms with Gasteiger partial charge in [0, 0.05) is 29.2 Å². The molecule has 1 saturated carbocycles. The number of nitrogens with zero attached hydrogens (tertiary/aromatic N) is 1. The van der Waals surface area contributed by atoms with Gasteiger partial charge in [0.05, 0.1) is 6.54 Å². The summed E-state index contributed by atoms with van der Waals surface area (Å²) in [6, 6.07) is 22.5. The lowest BCUT2D eigenvalue weighted by atomic mass is 9.81. The van der Waals surface area contributed by atoms with Crippen molar-refractivity contribution in [2.75, 3.05) is 26.0 Å². The smallest absolute Gasteiger partial charge is 0.320 e. The number of carbonyl (C=O) groups is 2.